The summed E-state index contributed by atoms with van der Waals surface area (Å²) < 4.78 is 0. The number of hydrazone groups is 1. The van der Waals surface area contributed by atoms with Crippen LogP contribution in [0.4, 0.5) is 0 Å². The Morgan fingerprint density at radius 3 is 2.47 bits per heavy atom. The second-order valence-corrected chi connectivity index (χ2v) is 5.08. The van der Waals surface area contributed by atoms with E-state index in [0.717, 1.165) is 25.8 Å². The van der Waals surface area contributed by atoms with Crippen molar-refractivity contribution in [2.75, 3.05) is 6.54 Å². The van der Waals surface area contributed by atoms with Gasteiger partial charge in [0.1, 0.15) is 0 Å². The van der Waals surface area contributed by atoms with Crippen molar-refractivity contribution >= 4 is 23.0 Å². The highest BCUT2D eigenvalue weighted by molar-refractivity contribution is 7.80. The highest BCUT2D eigenvalue weighted by atomic mass is 32.1. The summed E-state index contributed by atoms with van der Waals surface area (Å²) in [6.45, 7) is 3.11. The first-order valence-corrected chi connectivity index (χ1v) is 7.33. The topological polar surface area (TPSA) is 36.4 Å². The number of hydrogen-bond acceptors (Lipinski definition) is 2. The first kappa shape index (κ1) is 14.4. The molecular formula is C13H25N3S. The molecule has 1 aliphatic carbocycles. The van der Waals surface area contributed by atoms with Crippen LogP contribution in [0.5, 0.6) is 0 Å². The smallest absolute Gasteiger partial charge is 0.186 e. The summed E-state index contributed by atoms with van der Waals surface area (Å²) in [6.07, 6.45) is 11.2. The molecule has 1 fully saturated rings. The van der Waals surface area contributed by atoms with Gasteiger partial charge in [0.15, 0.2) is 5.11 Å². The van der Waals surface area contributed by atoms with Gasteiger partial charge in [-0.15, -0.1) is 0 Å². The van der Waals surface area contributed by atoms with Gasteiger partial charge in [0.2, 0.25) is 0 Å². The fourth-order valence-electron chi connectivity index (χ4n) is 1.97. The minimum Gasteiger partial charge on any atom is -0.361 e. The molecule has 0 bridgehead atoms. The van der Waals surface area contributed by atoms with Crippen LogP contribution in [0.2, 0.25) is 0 Å². The zero-order valence-electron chi connectivity index (χ0n) is 10.9. The Bertz CT molecular complexity index is 241. The van der Waals surface area contributed by atoms with Gasteiger partial charge in [0.25, 0.3) is 0 Å². The monoisotopic (exact) mass is 255 g/mol. The molecule has 4 heteroatoms. The molecule has 0 unspecified atom stereocenters. The van der Waals surface area contributed by atoms with E-state index >= 15 is 0 Å². The van der Waals surface area contributed by atoms with Crippen LogP contribution in [0, 0.1) is 0 Å². The van der Waals surface area contributed by atoms with Gasteiger partial charge in [0, 0.05) is 12.3 Å². The van der Waals surface area contributed by atoms with E-state index in [1.807, 2.05) is 0 Å². The Morgan fingerprint density at radius 2 is 1.82 bits per heavy atom. The van der Waals surface area contributed by atoms with Crippen molar-refractivity contribution in [3.8, 4) is 0 Å². The van der Waals surface area contributed by atoms with Gasteiger partial charge in [0.05, 0.1) is 0 Å². The molecule has 0 aromatic rings. The third-order valence-corrected chi connectivity index (χ3v) is 3.30. The van der Waals surface area contributed by atoms with Gasteiger partial charge >= 0.3 is 0 Å². The lowest BCUT2D eigenvalue weighted by Crippen LogP contribution is -2.33. The molecule has 1 rings (SSSR count). The molecule has 0 aromatic carbocycles. The summed E-state index contributed by atoms with van der Waals surface area (Å²) in [5, 5.41) is 8.25. The summed E-state index contributed by atoms with van der Waals surface area (Å²) in [5.41, 5.74) is 4.25. The van der Waals surface area contributed by atoms with E-state index < -0.39 is 0 Å². The van der Waals surface area contributed by atoms with E-state index in [-0.39, 0.29) is 0 Å². The number of unbranched alkanes of at least 4 members (excludes halogenated alkanes) is 1. The van der Waals surface area contributed by atoms with E-state index in [9.17, 15) is 0 Å². The maximum absolute atomic E-state index is 5.17. The van der Waals surface area contributed by atoms with Crippen molar-refractivity contribution in [3.05, 3.63) is 0 Å². The van der Waals surface area contributed by atoms with Crippen LogP contribution in [0.15, 0.2) is 5.10 Å². The summed E-state index contributed by atoms with van der Waals surface area (Å²) in [7, 11) is 0. The minimum absolute atomic E-state index is 0.660. The molecule has 17 heavy (non-hydrogen) atoms. The Morgan fingerprint density at radius 1 is 1.18 bits per heavy atom. The van der Waals surface area contributed by atoms with Crippen LogP contribution in [0.3, 0.4) is 0 Å². The number of nitrogens with zero attached hydrogens (tertiary/aromatic N) is 1. The van der Waals surface area contributed by atoms with Gasteiger partial charge in [-0.05, 0) is 44.3 Å². The van der Waals surface area contributed by atoms with Crippen molar-refractivity contribution in [1.29, 1.82) is 0 Å². The molecule has 0 saturated heterocycles. The highest BCUT2D eigenvalue weighted by Crippen LogP contribution is 2.14. The summed E-state index contributed by atoms with van der Waals surface area (Å²) in [4.78, 5) is 0. The summed E-state index contributed by atoms with van der Waals surface area (Å²) in [5.74, 6) is 0. The standard InChI is InChI=1S/C13H25N3S/c1-2-3-11-14-13(17)16-15-12-9-7-5-4-6-8-10-12/h2-11H2,1H3,(H2,14,16,17). The number of thiocarbonyl (C=S) groups is 1. The van der Waals surface area contributed by atoms with E-state index in [1.54, 1.807) is 0 Å². The van der Waals surface area contributed by atoms with Crippen LogP contribution in [-0.4, -0.2) is 17.4 Å². The van der Waals surface area contributed by atoms with Crippen molar-refractivity contribution in [3.63, 3.8) is 0 Å². The van der Waals surface area contributed by atoms with E-state index in [1.165, 1.54) is 44.2 Å². The average Bonchev–Trinajstić information content (AvgIpc) is 2.28. The van der Waals surface area contributed by atoms with Crippen LogP contribution in [-0.2, 0) is 0 Å². The van der Waals surface area contributed by atoms with Crippen molar-refractivity contribution < 1.29 is 0 Å². The van der Waals surface area contributed by atoms with Gasteiger partial charge in [-0.1, -0.05) is 32.6 Å². The first-order valence-electron chi connectivity index (χ1n) is 6.92. The Balaban J connectivity index is 2.22. The predicted octanol–water partition coefficient (Wildman–Crippen LogP) is 3.35. The lowest BCUT2D eigenvalue weighted by molar-refractivity contribution is 0.604. The first-order chi connectivity index (χ1) is 8.33. The SMILES string of the molecule is CCCCNC(=S)NN=C1CCCCCCC1. The third-order valence-electron chi connectivity index (χ3n) is 3.06. The van der Waals surface area contributed by atoms with E-state index in [2.05, 4.69) is 22.8 Å². The van der Waals surface area contributed by atoms with Crippen LogP contribution in [0.1, 0.15) is 64.7 Å². The van der Waals surface area contributed by atoms with Crippen molar-refractivity contribution in [2.45, 2.75) is 64.7 Å². The second kappa shape index (κ2) is 9.40. The predicted molar refractivity (Wildman–Crippen MR) is 78.4 cm³/mol. The number of nitrogens with one attached hydrogen (secondary N) is 2. The largest absolute Gasteiger partial charge is 0.361 e. The van der Waals surface area contributed by atoms with Gasteiger partial charge in [-0.2, -0.15) is 5.10 Å². The van der Waals surface area contributed by atoms with Crippen molar-refractivity contribution in [1.82, 2.24) is 10.7 Å². The Labute approximate surface area is 110 Å². The third kappa shape index (κ3) is 7.31. The second-order valence-electron chi connectivity index (χ2n) is 4.67. The van der Waals surface area contributed by atoms with Crippen LogP contribution in [0.25, 0.3) is 0 Å². The molecule has 1 saturated carbocycles. The molecule has 0 aliphatic heterocycles. The molecule has 0 aromatic heterocycles. The summed E-state index contributed by atoms with van der Waals surface area (Å²) in [6, 6.07) is 0. The molecule has 0 heterocycles. The number of rotatable bonds is 4. The Kier molecular flexibility index (Phi) is 7.97. The molecule has 0 atom stereocenters. The zero-order chi connectivity index (χ0) is 12.3. The average molecular weight is 255 g/mol. The molecule has 0 radical (unpaired) electrons. The molecular weight excluding hydrogens is 230 g/mol. The van der Waals surface area contributed by atoms with E-state index in [4.69, 9.17) is 12.2 Å². The van der Waals surface area contributed by atoms with Crippen molar-refractivity contribution in [2.24, 2.45) is 5.10 Å². The minimum atomic E-state index is 0.660. The summed E-state index contributed by atoms with van der Waals surface area (Å²) >= 11 is 5.17. The van der Waals surface area contributed by atoms with Gasteiger partial charge < -0.3 is 5.32 Å². The molecule has 0 amide bonds. The van der Waals surface area contributed by atoms with Gasteiger partial charge in [-0.3, -0.25) is 5.43 Å². The van der Waals surface area contributed by atoms with Crippen LogP contribution < -0.4 is 10.7 Å². The maximum atomic E-state index is 5.17. The van der Waals surface area contributed by atoms with E-state index in [0.29, 0.717) is 5.11 Å². The normalized spacial score (nSPS) is 16.9. The fourth-order valence-corrected chi connectivity index (χ4v) is 2.12. The molecule has 3 nitrogen and oxygen atoms in total. The quantitative estimate of drug-likeness (QED) is 0.459. The maximum Gasteiger partial charge on any atom is 0.186 e. The van der Waals surface area contributed by atoms with Crippen LogP contribution >= 0.6 is 12.2 Å². The fraction of sp³-hybridized carbons (Fsp3) is 0.846. The highest BCUT2D eigenvalue weighted by Gasteiger charge is 2.04. The number of hydrogen-bond donors (Lipinski definition) is 2. The Hall–Kier alpha value is -0.640. The zero-order valence-corrected chi connectivity index (χ0v) is 11.7. The lowest BCUT2D eigenvalue weighted by atomic mass is 9.99. The lowest BCUT2D eigenvalue weighted by Gasteiger charge is -2.12. The molecule has 1 aliphatic rings. The molecule has 2 N–H and O–H groups in total. The molecule has 98 valence electrons. The van der Waals surface area contributed by atoms with Gasteiger partial charge in [-0.25, -0.2) is 0 Å². The molecule has 0 spiro atoms.